The lowest BCUT2D eigenvalue weighted by Crippen LogP contribution is -2.05. The Morgan fingerprint density at radius 2 is 1.85 bits per heavy atom. The van der Waals surface area contributed by atoms with Gasteiger partial charge in [0, 0.05) is 6.54 Å². The van der Waals surface area contributed by atoms with Crippen LogP contribution < -0.4 is 14.8 Å². The molecule has 0 fully saturated rings. The van der Waals surface area contributed by atoms with Gasteiger partial charge in [-0.3, -0.25) is 0 Å². The van der Waals surface area contributed by atoms with Gasteiger partial charge in [0.15, 0.2) is 11.5 Å². The number of hydrogen-bond donors (Lipinski definition) is 1. The third-order valence-corrected chi connectivity index (χ3v) is 3.25. The van der Waals surface area contributed by atoms with E-state index in [4.69, 9.17) is 9.47 Å². The first-order valence-corrected chi connectivity index (χ1v) is 6.73. The number of aryl methyl sites for hydroxylation is 1. The molecule has 0 saturated carbocycles. The number of benzene rings is 2. The predicted molar refractivity (Wildman–Crippen MR) is 81.3 cm³/mol. The molecule has 0 atom stereocenters. The number of ether oxygens (including phenoxy) is 2. The lowest BCUT2D eigenvalue weighted by Gasteiger charge is -2.13. The maximum absolute atomic E-state index is 5.88. The standard InChI is InChI=1S/C17H21NO2/c1-13-6-4-5-7-15(13)12-20-16-9-8-14(11-18-2)10-17(16)19-3/h4-10,18H,11-12H2,1-3H3. The van der Waals surface area contributed by atoms with Crippen molar-refractivity contribution in [3.63, 3.8) is 0 Å². The molecule has 0 aliphatic carbocycles. The first-order chi connectivity index (χ1) is 9.74. The molecule has 0 unspecified atom stereocenters. The van der Waals surface area contributed by atoms with E-state index in [2.05, 4.69) is 24.4 Å². The van der Waals surface area contributed by atoms with E-state index in [0.29, 0.717) is 6.61 Å². The van der Waals surface area contributed by atoms with Crippen LogP contribution in [0.5, 0.6) is 11.5 Å². The van der Waals surface area contributed by atoms with Crippen molar-refractivity contribution in [2.45, 2.75) is 20.1 Å². The second-order valence-electron chi connectivity index (χ2n) is 4.73. The Kier molecular flexibility index (Phi) is 5.02. The van der Waals surface area contributed by atoms with Crippen molar-refractivity contribution in [3.8, 4) is 11.5 Å². The summed E-state index contributed by atoms with van der Waals surface area (Å²) in [6.45, 7) is 3.45. The molecule has 106 valence electrons. The highest BCUT2D eigenvalue weighted by Crippen LogP contribution is 2.29. The van der Waals surface area contributed by atoms with E-state index in [0.717, 1.165) is 18.0 Å². The van der Waals surface area contributed by atoms with Gasteiger partial charge in [-0.15, -0.1) is 0 Å². The number of hydrogen-bond acceptors (Lipinski definition) is 3. The SMILES string of the molecule is CNCc1ccc(OCc2ccccc2C)c(OC)c1. The van der Waals surface area contributed by atoms with E-state index in [1.807, 2.05) is 37.4 Å². The fraction of sp³-hybridized carbons (Fsp3) is 0.294. The summed E-state index contributed by atoms with van der Waals surface area (Å²) in [5.41, 5.74) is 3.60. The van der Waals surface area contributed by atoms with Gasteiger partial charge in [-0.25, -0.2) is 0 Å². The van der Waals surface area contributed by atoms with Gasteiger partial charge in [-0.1, -0.05) is 30.3 Å². The van der Waals surface area contributed by atoms with Gasteiger partial charge in [0.1, 0.15) is 6.61 Å². The molecule has 2 aromatic rings. The second-order valence-corrected chi connectivity index (χ2v) is 4.73. The highest BCUT2D eigenvalue weighted by atomic mass is 16.5. The maximum atomic E-state index is 5.88. The Hall–Kier alpha value is -2.00. The number of nitrogens with one attached hydrogen (secondary N) is 1. The summed E-state index contributed by atoms with van der Waals surface area (Å²) in [7, 11) is 3.59. The molecule has 0 saturated heterocycles. The average molecular weight is 271 g/mol. The van der Waals surface area contributed by atoms with Crippen molar-refractivity contribution < 1.29 is 9.47 Å². The summed E-state index contributed by atoms with van der Waals surface area (Å²) in [6, 6.07) is 14.2. The summed E-state index contributed by atoms with van der Waals surface area (Å²) in [5.74, 6) is 1.54. The van der Waals surface area contributed by atoms with Gasteiger partial charge in [0.25, 0.3) is 0 Å². The van der Waals surface area contributed by atoms with E-state index < -0.39 is 0 Å². The first-order valence-electron chi connectivity index (χ1n) is 6.73. The molecule has 0 aliphatic rings. The average Bonchev–Trinajstić information content (AvgIpc) is 2.47. The van der Waals surface area contributed by atoms with Crippen LogP contribution in [0.2, 0.25) is 0 Å². The Balaban J connectivity index is 2.11. The van der Waals surface area contributed by atoms with Crippen molar-refractivity contribution in [2.24, 2.45) is 0 Å². The minimum atomic E-state index is 0.550. The molecule has 3 nitrogen and oxygen atoms in total. The summed E-state index contributed by atoms with van der Waals surface area (Å²) in [6.07, 6.45) is 0. The van der Waals surface area contributed by atoms with E-state index in [9.17, 15) is 0 Å². The van der Waals surface area contributed by atoms with E-state index in [-0.39, 0.29) is 0 Å². The van der Waals surface area contributed by atoms with Crippen LogP contribution in [0.1, 0.15) is 16.7 Å². The molecule has 1 N–H and O–H groups in total. The topological polar surface area (TPSA) is 30.5 Å². The van der Waals surface area contributed by atoms with Gasteiger partial charge in [0.2, 0.25) is 0 Å². The van der Waals surface area contributed by atoms with E-state index in [1.54, 1.807) is 7.11 Å². The van der Waals surface area contributed by atoms with Crippen LogP contribution in [0, 0.1) is 6.92 Å². The number of methoxy groups -OCH3 is 1. The molecule has 0 aliphatic heterocycles. The van der Waals surface area contributed by atoms with Crippen LogP contribution in [0.3, 0.4) is 0 Å². The minimum Gasteiger partial charge on any atom is -0.493 e. The van der Waals surface area contributed by atoms with Crippen molar-refractivity contribution in [2.75, 3.05) is 14.2 Å². The van der Waals surface area contributed by atoms with Crippen LogP contribution >= 0.6 is 0 Å². The fourth-order valence-electron chi connectivity index (χ4n) is 2.07. The Morgan fingerprint density at radius 3 is 2.55 bits per heavy atom. The van der Waals surface area contributed by atoms with Gasteiger partial charge in [0.05, 0.1) is 7.11 Å². The van der Waals surface area contributed by atoms with Crippen LogP contribution in [0.4, 0.5) is 0 Å². The molecule has 0 amide bonds. The molecule has 2 rings (SSSR count). The Bertz CT molecular complexity index is 567. The van der Waals surface area contributed by atoms with E-state index >= 15 is 0 Å². The lowest BCUT2D eigenvalue weighted by molar-refractivity contribution is 0.283. The summed E-state index contributed by atoms with van der Waals surface area (Å²) in [5, 5.41) is 3.12. The molecule has 0 heterocycles. The lowest BCUT2D eigenvalue weighted by atomic mass is 10.1. The monoisotopic (exact) mass is 271 g/mol. The molecule has 0 radical (unpaired) electrons. The molecule has 0 spiro atoms. The zero-order valence-corrected chi connectivity index (χ0v) is 12.3. The highest BCUT2D eigenvalue weighted by molar-refractivity contribution is 5.43. The third kappa shape index (κ3) is 3.52. The largest absolute Gasteiger partial charge is 0.493 e. The quantitative estimate of drug-likeness (QED) is 0.874. The van der Waals surface area contributed by atoms with Crippen molar-refractivity contribution in [3.05, 3.63) is 59.2 Å². The van der Waals surface area contributed by atoms with Crippen molar-refractivity contribution in [1.29, 1.82) is 0 Å². The smallest absolute Gasteiger partial charge is 0.161 e. The zero-order valence-electron chi connectivity index (χ0n) is 12.3. The fourth-order valence-corrected chi connectivity index (χ4v) is 2.07. The van der Waals surface area contributed by atoms with Crippen LogP contribution in [0.15, 0.2) is 42.5 Å². The Morgan fingerprint density at radius 1 is 1.05 bits per heavy atom. The molecular weight excluding hydrogens is 250 g/mol. The molecule has 20 heavy (non-hydrogen) atoms. The summed E-state index contributed by atoms with van der Waals surface area (Å²) in [4.78, 5) is 0. The van der Waals surface area contributed by atoms with Gasteiger partial charge in [-0.2, -0.15) is 0 Å². The molecule has 0 bridgehead atoms. The second kappa shape index (κ2) is 6.96. The Labute approximate surface area is 120 Å². The van der Waals surface area contributed by atoms with Gasteiger partial charge < -0.3 is 14.8 Å². The summed E-state index contributed by atoms with van der Waals surface area (Å²) < 4.78 is 11.3. The maximum Gasteiger partial charge on any atom is 0.161 e. The van der Waals surface area contributed by atoms with E-state index in [1.165, 1.54) is 16.7 Å². The van der Waals surface area contributed by atoms with Crippen molar-refractivity contribution in [1.82, 2.24) is 5.32 Å². The highest BCUT2D eigenvalue weighted by Gasteiger charge is 2.06. The minimum absolute atomic E-state index is 0.550. The summed E-state index contributed by atoms with van der Waals surface area (Å²) >= 11 is 0. The van der Waals surface area contributed by atoms with Crippen LogP contribution in [0.25, 0.3) is 0 Å². The first kappa shape index (κ1) is 14.4. The van der Waals surface area contributed by atoms with Crippen LogP contribution in [-0.4, -0.2) is 14.2 Å². The molecule has 3 heteroatoms. The molecular formula is C17H21NO2. The normalized spacial score (nSPS) is 10.3. The van der Waals surface area contributed by atoms with Crippen LogP contribution in [-0.2, 0) is 13.2 Å². The molecule has 2 aromatic carbocycles. The predicted octanol–water partition coefficient (Wildman–Crippen LogP) is 3.30. The number of rotatable bonds is 6. The van der Waals surface area contributed by atoms with Crippen molar-refractivity contribution >= 4 is 0 Å². The zero-order chi connectivity index (χ0) is 14.4. The van der Waals surface area contributed by atoms with Gasteiger partial charge >= 0.3 is 0 Å². The third-order valence-electron chi connectivity index (χ3n) is 3.25. The van der Waals surface area contributed by atoms with Gasteiger partial charge in [-0.05, 0) is 42.8 Å². The molecule has 0 aromatic heterocycles.